The molecule has 21 heavy (non-hydrogen) atoms. The molecule has 0 fully saturated rings. The van der Waals surface area contributed by atoms with Gasteiger partial charge in [-0.3, -0.25) is 5.43 Å². The Hall–Kier alpha value is -2.44. The Morgan fingerprint density at radius 2 is 1.90 bits per heavy atom. The summed E-state index contributed by atoms with van der Waals surface area (Å²) in [7, 11) is 0. The van der Waals surface area contributed by atoms with Gasteiger partial charge in [0.05, 0.1) is 15.9 Å². The standard InChI is InChI=1S/C14H10ClFN4O/c15-9-5-3-7-11(12(9)16)21-13-8-4-1-2-6-10(8)18-14(19-13)20-17/h1-7H,17H2,(H,18,19,20). The van der Waals surface area contributed by atoms with Crippen LogP contribution in [0.1, 0.15) is 0 Å². The smallest absolute Gasteiger partial charge is 0.241 e. The monoisotopic (exact) mass is 304 g/mol. The van der Waals surface area contributed by atoms with Crippen LogP contribution in [0.15, 0.2) is 42.5 Å². The van der Waals surface area contributed by atoms with Gasteiger partial charge in [-0.2, -0.15) is 4.98 Å². The van der Waals surface area contributed by atoms with Crippen LogP contribution in [0.25, 0.3) is 10.9 Å². The van der Waals surface area contributed by atoms with Gasteiger partial charge in [0, 0.05) is 0 Å². The molecular formula is C14H10ClFN4O. The van der Waals surface area contributed by atoms with Crippen LogP contribution in [0, 0.1) is 5.82 Å². The lowest BCUT2D eigenvalue weighted by Crippen LogP contribution is -2.11. The van der Waals surface area contributed by atoms with E-state index < -0.39 is 5.82 Å². The molecule has 7 heteroatoms. The number of halogens is 2. The zero-order valence-electron chi connectivity index (χ0n) is 10.7. The third-order valence-corrected chi connectivity index (χ3v) is 3.11. The van der Waals surface area contributed by atoms with Crippen LogP contribution in [-0.2, 0) is 0 Å². The topological polar surface area (TPSA) is 73.1 Å². The normalized spacial score (nSPS) is 10.6. The number of rotatable bonds is 3. The highest BCUT2D eigenvalue weighted by atomic mass is 35.5. The van der Waals surface area contributed by atoms with E-state index >= 15 is 0 Å². The molecule has 0 radical (unpaired) electrons. The van der Waals surface area contributed by atoms with Crippen molar-refractivity contribution in [2.24, 2.45) is 5.84 Å². The van der Waals surface area contributed by atoms with Gasteiger partial charge in [0.15, 0.2) is 11.6 Å². The Labute approximate surface area is 124 Å². The number of nitrogens with zero attached hydrogens (tertiary/aromatic N) is 2. The van der Waals surface area contributed by atoms with Gasteiger partial charge in [0.2, 0.25) is 11.8 Å². The first-order valence-electron chi connectivity index (χ1n) is 6.04. The molecule has 3 rings (SSSR count). The Bertz CT molecular complexity index is 812. The molecule has 5 nitrogen and oxygen atoms in total. The minimum absolute atomic E-state index is 0.0191. The van der Waals surface area contributed by atoms with Crippen molar-refractivity contribution in [1.82, 2.24) is 9.97 Å². The fourth-order valence-electron chi connectivity index (χ4n) is 1.86. The Balaban J connectivity index is 2.13. The lowest BCUT2D eigenvalue weighted by Gasteiger charge is -2.10. The number of nitrogen functional groups attached to an aromatic ring is 1. The molecule has 1 heterocycles. The molecule has 0 atom stereocenters. The van der Waals surface area contributed by atoms with Gasteiger partial charge in [0.25, 0.3) is 0 Å². The van der Waals surface area contributed by atoms with Crippen molar-refractivity contribution in [3.05, 3.63) is 53.3 Å². The molecule has 3 N–H and O–H groups in total. The van der Waals surface area contributed by atoms with E-state index in [1.165, 1.54) is 12.1 Å². The number of anilines is 1. The Morgan fingerprint density at radius 1 is 1.10 bits per heavy atom. The molecular weight excluding hydrogens is 295 g/mol. The molecule has 0 aliphatic rings. The Morgan fingerprint density at radius 3 is 2.71 bits per heavy atom. The number of nitrogens with one attached hydrogen (secondary N) is 1. The van der Waals surface area contributed by atoms with Crippen molar-refractivity contribution in [2.45, 2.75) is 0 Å². The maximum atomic E-state index is 13.9. The average Bonchev–Trinajstić information content (AvgIpc) is 2.51. The van der Waals surface area contributed by atoms with Crippen molar-refractivity contribution in [1.29, 1.82) is 0 Å². The maximum absolute atomic E-state index is 13.9. The summed E-state index contributed by atoms with van der Waals surface area (Å²) in [5.41, 5.74) is 2.97. The van der Waals surface area contributed by atoms with Gasteiger partial charge in [-0.05, 0) is 24.3 Å². The van der Waals surface area contributed by atoms with E-state index in [0.29, 0.717) is 10.9 Å². The van der Waals surface area contributed by atoms with Crippen LogP contribution in [0.2, 0.25) is 5.02 Å². The zero-order chi connectivity index (χ0) is 14.8. The second kappa shape index (κ2) is 5.51. The number of hydrogen-bond acceptors (Lipinski definition) is 5. The van der Waals surface area contributed by atoms with Gasteiger partial charge in [-0.1, -0.05) is 29.8 Å². The number of fused-ring (bicyclic) bond motifs is 1. The number of ether oxygens (including phenoxy) is 1. The van der Waals surface area contributed by atoms with Crippen molar-refractivity contribution < 1.29 is 9.13 Å². The summed E-state index contributed by atoms with van der Waals surface area (Å²) in [5, 5.41) is 0.610. The van der Waals surface area contributed by atoms with Crippen LogP contribution in [-0.4, -0.2) is 9.97 Å². The first-order chi connectivity index (χ1) is 10.2. The molecule has 0 amide bonds. The van der Waals surface area contributed by atoms with E-state index in [4.69, 9.17) is 22.2 Å². The van der Waals surface area contributed by atoms with Crippen molar-refractivity contribution in [3.63, 3.8) is 0 Å². The van der Waals surface area contributed by atoms with E-state index in [9.17, 15) is 4.39 Å². The number of hydrazine groups is 1. The predicted molar refractivity (Wildman–Crippen MR) is 78.8 cm³/mol. The van der Waals surface area contributed by atoms with Crippen LogP contribution in [0.3, 0.4) is 0 Å². The first kappa shape index (κ1) is 13.5. The van der Waals surface area contributed by atoms with Crippen molar-refractivity contribution >= 4 is 28.5 Å². The Kier molecular flexibility index (Phi) is 3.55. The quantitative estimate of drug-likeness (QED) is 0.572. The fourth-order valence-corrected chi connectivity index (χ4v) is 2.02. The van der Waals surface area contributed by atoms with E-state index in [1.54, 1.807) is 18.2 Å². The van der Waals surface area contributed by atoms with Gasteiger partial charge in [0.1, 0.15) is 0 Å². The number of nitrogens with two attached hydrogens (primary N) is 1. The van der Waals surface area contributed by atoms with Crippen molar-refractivity contribution in [3.8, 4) is 11.6 Å². The third-order valence-electron chi connectivity index (χ3n) is 2.82. The largest absolute Gasteiger partial charge is 0.435 e. The summed E-state index contributed by atoms with van der Waals surface area (Å²) < 4.78 is 19.5. The summed E-state index contributed by atoms with van der Waals surface area (Å²) in [5.74, 6) is 5.03. The molecule has 2 aromatic carbocycles. The van der Waals surface area contributed by atoms with E-state index in [2.05, 4.69) is 15.4 Å². The fraction of sp³-hybridized carbons (Fsp3) is 0. The molecule has 0 bridgehead atoms. The average molecular weight is 305 g/mol. The van der Waals surface area contributed by atoms with Crippen LogP contribution in [0.4, 0.5) is 10.3 Å². The zero-order valence-corrected chi connectivity index (χ0v) is 11.4. The minimum atomic E-state index is -0.649. The van der Waals surface area contributed by atoms with Gasteiger partial charge in [-0.25, -0.2) is 15.2 Å². The van der Waals surface area contributed by atoms with Crippen LogP contribution < -0.4 is 16.0 Å². The highest BCUT2D eigenvalue weighted by Crippen LogP contribution is 2.31. The highest BCUT2D eigenvalue weighted by molar-refractivity contribution is 6.30. The SMILES string of the molecule is NNc1nc(Oc2cccc(Cl)c2F)c2ccccc2n1. The molecule has 3 aromatic rings. The summed E-state index contributed by atoms with van der Waals surface area (Å²) >= 11 is 5.74. The summed E-state index contributed by atoms with van der Waals surface area (Å²) in [4.78, 5) is 8.30. The third kappa shape index (κ3) is 2.58. The lowest BCUT2D eigenvalue weighted by atomic mass is 10.2. The summed E-state index contributed by atoms with van der Waals surface area (Å²) in [6.07, 6.45) is 0. The number of aromatic nitrogens is 2. The molecule has 0 aliphatic carbocycles. The lowest BCUT2D eigenvalue weighted by molar-refractivity contribution is 0.432. The van der Waals surface area contributed by atoms with Crippen LogP contribution >= 0.6 is 11.6 Å². The van der Waals surface area contributed by atoms with E-state index in [1.807, 2.05) is 12.1 Å². The predicted octanol–water partition coefficient (Wildman–Crippen LogP) is 3.50. The van der Waals surface area contributed by atoms with Gasteiger partial charge < -0.3 is 4.74 Å². The number of para-hydroxylation sites is 1. The highest BCUT2D eigenvalue weighted by Gasteiger charge is 2.13. The van der Waals surface area contributed by atoms with Gasteiger partial charge in [-0.15, -0.1) is 0 Å². The maximum Gasteiger partial charge on any atom is 0.241 e. The van der Waals surface area contributed by atoms with Crippen molar-refractivity contribution in [2.75, 3.05) is 5.43 Å². The number of benzene rings is 2. The van der Waals surface area contributed by atoms with Crippen LogP contribution in [0.5, 0.6) is 11.6 Å². The van der Waals surface area contributed by atoms with E-state index in [-0.39, 0.29) is 22.6 Å². The molecule has 0 saturated heterocycles. The molecule has 0 aliphatic heterocycles. The van der Waals surface area contributed by atoms with Gasteiger partial charge >= 0.3 is 0 Å². The molecule has 1 aromatic heterocycles. The first-order valence-corrected chi connectivity index (χ1v) is 6.42. The summed E-state index contributed by atoms with van der Waals surface area (Å²) in [6, 6.07) is 11.7. The minimum Gasteiger partial charge on any atom is -0.435 e. The van der Waals surface area contributed by atoms with E-state index in [0.717, 1.165) is 0 Å². The summed E-state index contributed by atoms with van der Waals surface area (Å²) in [6.45, 7) is 0. The second-order valence-corrected chi connectivity index (χ2v) is 4.58. The number of hydrogen-bond donors (Lipinski definition) is 2. The molecule has 0 spiro atoms. The second-order valence-electron chi connectivity index (χ2n) is 4.17. The molecule has 106 valence electrons. The molecule has 0 unspecified atom stereocenters. The molecule has 0 saturated carbocycles.